The first-order chi connectivity index (χ1) is 57.2. The molecule has 24 atom stereocenters. The third kappa shape index (κ3) is 19.0. The molecule has 15 heterocycles. The van der Waals surface area contributed by atoms with Crippen LogP contribution in [0.15, 0.2) is 84.8 Å². The van der Waals surface area contributed by atoms with Gasteiger partial charge in [0, 0.05) is 56.3 Å². The molecule has 15 rings (SSSR count). The number of nitrogen functional groups attached to an aromatic ring is 5. The summed E-state index contributed by atoms with van der Waals surface area (Å²) in [5.74, 6) is -1.16. The van der Waals surface area contributed by atoms with Gasteiger partial charge in [0.05, 0.1) is 64.7 Å². The molecule has 63 heteroatoms. The zero-order chi connectivity index (χ0) is 86.3. The minimum absolute atomic E-state index is 0.0117. The zero-order valence-corrected chi connectivity index (χ0v) is 66.3. The zero-order valence-electron chi connectivity index (χ0n) is 61.9. The van der Waals surface area contributed by atoms with E-state index in [9.17, 15) is 91.4 Å². The third-order valence-electron chi connectivity index (χ3n) is 19.7. The molecule has 6 aliphatic heterocycles. The highest BCUT2D eigenvalue weighted by molar-refractivity contribution is 7.48. The van der Waals surface area contributed by atoms with Crippen molar-refractivity contribution in [3.63, 3.8) is 0 Å². The van der Waals surface area contributed by atoms with Crippen LogP contribution in [-0.2, 0) is 96.5 Å². The maximum atomic E-state index is 14.5. The van der Waals surface area contributed by atoms with Gasteiger partial charge in [-0.05, 0) is 19.1 Å². The number of aliphatic hydroxyl groups excluding tert-OH is 3. The Labute approximate surface area is 671 Å². The second-order valence-electron chi connectivity index (χ2n) is 27.8. The number of ether oxygens (including phenoxy) is 6. The second kappa shape index (κ2) is 34.2. The van der Waals surface area contributed by atoms with Crippen molar-refractivity contribution in [2.75, 3.05) is 68.3 Å². The number of aromatic amines is 3. The Morgan fingerprint density at radius 2 is 0.843 bits per heavy atom. The Morgan fingerprint density at radius 3 is 1.33 bits per heavy atom. The smallest absolute Gasteiger partial charge is 0.394 e. The van der Waals surface area contributed by atoms with Gasteiger partial charge in [0.15, 0.2) is 40.0 Å². The predicted molar refractivity (Wildman–Crippen MR) is 396 cm³/mol. The number of imidazole rings is 3. The van der Waals surface area contributed by atoms with Crippen LogP contribution in [0.3, 0.4) is 0 Å². The van der Waals surface area contributed by atoms with Crippen LogP contribution in [0.1, 0.15) is 75.0 Å². The standard InChI is InChI=1S/C58H74N23O35P5/c1-22-11-78(58(90)75-50(22)85)39-9-26(114-118(93,94)102-14-30-25(8-38(108-30)77-5-3-35(60)70-57(77)89)113-117(91,92)101-13-29-23(83)6-36(107-29)80-20-67-42-48(80)71-54(62)73-51(42)86)31(109-39)15-103-119(95,96)115-27-10-40(79-19-66-41-46(61)64-18-65-47(41)79)110-32(27)16-104-121(99,100)116-45-33(111-53(44(45)84)81-21-68-43-49(81)72-55(63)74-52(43)87)17-105-120(97,98)112-24-7-37(106-28(24)12-82)76-4-2-34(59)69-56(76)88/h2-5,11,18-21,23-33,36-40,44-45,53,82-84H,6-10,12-17H2,1H3,(H,91,92)(H,93,94)(H,95,96)(H,97,98)(H,99,100)(H2,59,69,88)(H2,60,70,89)(H2,61,64,65)(H,75,85,90)(H3,62,71,73,86)(H3,63,72,74,87)/t23-,24-,25-,26-,27-,28+,29+,30+,31+,32+,33+,36+,37+,38+,39+,40+,44+,45+,53+/m0/s1. The van der Waals surface area contributed by atoms with Gasteiger partial charge in [0.25, 0.3) is 16.7 Å². The Hall–Kier alpha value is -9.12. The van der Waals surface area contributed by atoms with E-state index in [1.54, 1.807) is 0 Å². The predicted octanol–water partition coefficient (Wildman–Crippen LogP) is -4.06. The molecule has 0 bridgehead atoms. The number of phosphoric acid groups is 5. The van der Waals surface area contributed by atoms with Gasteiger partial charge < -0.3 is 96.9 Å². The molecule has 9 aromatic rings. The fraction of sp³-hybridized carbons (Fsp3) is 0.534. The summed E-state index contributed by atoms with van der Waals surface area (Å²) in [7, 11) is -27.8. The van der Waals surface area contributed by atoms with Crippen molar-refractivity contribution in [1.82, 2.24) is 87.2 Å². The average molecular weight is 1810 g/mol. The molecule has 0 radical (unpaired) electrons. The van der Waals surface area contributed by atoms with Crippen LogP contribution in [0, 0.1) is 6.92 Å². The highest BCUT2D eigenvalue weighted by atomic mass is 31.2. The number of rotatable bonds is 32. The van der Waals surface area contributed by atoms with Crippen LogP contribution in [0.25, 0.3) is 33.5 Å². The highest BCUT2D eigenvalue weighted by Gasteiger charge is 2.54. The second-order valence-corrected chi connectivity index (χ2v) is 34.8. The number of hydrogen-bond donors (Lipinski definition) is 16. The van der Waals surface area contributed by atoms with Crippen LogP contribution in [0.4, 0.5) is 29.4 Å². The van der Waals surface area contributed by atoms with Crippen LogP contribution in [0.2, 0.25) is 0 Å². The van der Waals surface area contributed by atoms with Crippen LogP contribution < -0.4 is 62.4 Å². The minimum atomic E-state index is -5.76. The summed E-state index contributed by atoms with van der Waals surface area (Å²) in [5.41, 5.74) is 22.8. The molecule has 6 fully saturated rings. The van der Waals surface area contributed by atoms with Gasteiger partial charge in [-0.25, -0.2) is 62.1 Å². The maximum Gasteiger partial charge on any atom is 0.472 e. The van der Waals surface area contributed by atoms with Crippen molar-refractivity contribution in [3.05, 3.63) is 124 Å². The van der Waals surface area contributed by atoms with Gasteiger partial charge in [-0.3, -0.25) is 102 Å². The highest BCUT2D eigenvalue weighted by Crippen LogP contribution is 2.57. The van der Waals surface area contributed by atoms with Crippen molar-refractivity contribution < 1.29 is 136 Å². The number of nitrogens with one attached hydrogen (secondary N) is 3. The van der Waals surface area contributed by atoms with E-state index >= 15 is 0 Å². The van der Waals surface area contributed by atoms with Crippen molar-refractivity contribution >= 4 is 102 Å². The maximum absolute atomic E-state index is 14.5. The van der Waals surface area contributed by atoms with Crippen molar-refractivity contribution in [2.24, 2.45) is 0 Å². The summed E-state index contributed by atoms with van der Waals surface area (Å²) in [4.78, 5) is 176. The lowest BCUT2D eigenvalue weighted by Crippen LogP contribution is -2.36. The summed E-state index contributed by atoms with van der Waals surface area (Å²) in [6.45, 7) is -4.93. The number of aromatic nitrogens is 18. The number of fused-ring (bicyclic) bond motifs is 3. The van der Waals surface area contributed by atoms with E-state index in [4.69, 9.17) is 102 Å². The molecule has 0 aliphatic carbocycles. The van der Waals surface area contributed by atoms with E-state index in [-0.39, 0.29) is 75.3 Å². The molecule has 0 saturated carbocycles. The van der Waals surface area contributed by atoms with Crippen LogP contribution in [-0.4, -0.2) is 246 Å². The quantitative estimate of drug-likeness (QED) is 0.0178. The lowest BCUT2D eigenvalue weighted by Gasteiger charge is -2.26. The molecule has 6 saturated heterocycles. The van der Waals surface area contributed by atoms with Crippen molar-refractivity contribution in [3.8, 4) is 0 Å². The molecule has 6 aliphatic rings. The van der Waals surface area contributed by atoms with E-state index < -0.39 is 254 Å². The molecule has 656 valence electrons. The molecule has 21 N–H and O–H groups in total. The fourth-order valence-corrected chi connectivity index (χ4v) is 18.9. The molecule has 121 heavy (non-hydrogen) atoms. The number of aryl methyl sites for hydroxylation is 1. The van der Waals surface area contributed by atoms with Gasteiger partial charge >= 0.3 is 56.2 Å². The minimum Gasteiger partial charge on any atom is -0.394 e. The number of nitrogens with two attached hydrogens (primary N) is 5. The molecule has 0 spiro atoms. The monoisotopic (exact) mass is 1810 g/mol. The summed E-state index contributed by atoms with van der Waals surface area (Å²) < 4.78 is 168. The molecule has 0 aromatic carbocycles. The molecular weight excluding hydrogens is 1730 g/mol. The average Bonchev–Trinajstić information content (AvgIpc) is 1.57. The largest absolute Gasteiger partial charge is 0.472 e. The molecule has 58 nitrogen and oxygen atoms in total. The van der Waals surface area contributed by atoms with E-state index in [0.29, 0.717) is 0 Å². The third-order valence-corrected chi connectivity index (χ3v) is 24.8. The number of hydrogen-bond acceptors (Lipinski definition) is 44. The van der Waals surface area contributed by atoms with Gasteiger partial charge in [-0.15, -0.1) is 0 Å². The number of anilines is 5. The Morgan fingerprint density at radius 1 is 0.446 bits per heavy atom. The Bertz CT molecular complexity index is 6050. The SMILES string of the molecule is Cc1cn([C@H]2C[C@H](OP(=O)(O)OC[C@H]3O[C@@H](n4ccc(N)nc4=O)C[C@@H]3OP(=O)(O)OC[C@H]3O[C@@H](n4cnc5c(=O)[nH]c(N)nc54)C[C@@H]3O)[C@@H](COP(=O)(O)O[C@H]3C[C@H](n4cnc5c(N)ncnc54)O[C@@H]3COP(=O)(O)O[C@H]3[C@@H](O)[C@H](n4cnc5c(=O)[nH]c(N)nc54)O[C@@H]3COP(=O)(O)O[C@H]3C[C@H](n4ccc(N)nc4=O)O[C@@H]3CO)O2)c(=O)[nH]c1=O. The van der Waals surface area contributed by atoms with Crippen molar-refractivity contribution in [2.45, 2.75) is 156 Å². The normalized spacial score (nSPS) is 30.1. The van der Waals surface area contributed by atoms with Gasteiger partial charge in [-0.2, -0.15) is 19.9 Å². The Kier molecular flexibility index (Phi) is 24.5. The Balaban J connectivity index is 0.637. The number of phosphoric ester groups is 5. The molecule has 9 aromatic heterocycles. The number of nitrogens with zero attached hydrogens (tertiary/aromatic N) is 15. The van der Waals surface area contributed by atoms with Crippen LogP contribution in [0.5, 0.6) is 0 Å². The van der Waals surface area contributed by atoms with E-state index in [2.05, 4.69) is 59.8 Å². The lowest BCUT2D eigenvalue weighted by molar-refractivity contribution is -0.0649. The summed E-state index contributed by atoms with van der Waals surface area (Å²) in [5, 5.41) is 33.1. The summed E-state index contributed by atoms with van der Waals surface area (Å²) >= 11 is 0. The summed E-state index contributed by atoms with van der Waals surface area (Å²) in [6, 6.07) is 2.46. The van der Waals surface area contributed by atoms with E-state index in [0.717, 1.165) is 43.3 Å². The number of aliphatic hydroxyl groups is 3. The molecule has 5 unspecified atom stereocenters. The fourth-order valence-electron chi connectivity index (χ4n) is 14.1. The first-order valence-electron chi connectivity index (χ1n) is 35.8. The first-order valence-corrected chi connectivity index (χ1v) is 43.3. The topological polar surface area (TPSA) is 820 Å². The van der Waals surface area contributed by atoms with E-state index in [1.165, 1.54) is 47.0 Å². The molecular formula is C58H74N23O35P5. The first kappa shape index (κ1) is 86.8. The molecule has 0 amide bonds. The van der Waals surface area contributed by atoms with Gasteiger partial charge in [0.2, 0.25) is 11.9 Å². The van der Waals surface area contributed by atoms with Gasteiger partial charge in [-0.1, -0.05) is 0 Å². The lowest BCUT2D eigenvalue weighted by atomic mass is 10.1. The van der Waals surface area contributed by atoms with Crippen LogP contribution >= 0.6 is 39.1 Å². The van der Waals surface area contributed by atoms with Crippen molar-refractivity contribution in [1.29, 1.82) is 0 Å². The van der Waals surface area contributed by atoms with Gasteiger partial charge in [0.1, 0.15) is 128 Å². The van der Waals surface area contributed by atoms with E-state index in [1.807, 2.05) is 0 Å². The summed E-state index contributed by atoms with van der Waals surface area (Å²) in [6.07, 6.45) is -25.3. The number of H-pyrrole nitrogens is 3.